The number of aromatic nitrogens is 2. The zero-order chi connectivity index (χ0) is 24.9. The molecule has 35 heavy (non-hydrogen) atoms. The highest BCUT2D eigenvalue weighted by Crippen LogP contribution is 2.47. The molecular formula is C26H28Br2F2N2S3. The number of aryl methyl sites for hydroxylation is 2. The van der Waals surface area contributed by atoms with Crippen molar-refractivity contribution in [3.63, 3.8) is 0 Å². The van der Waals surface area contributed by atoms with E-state index in [2.05, 4.69) is 54.5 Å². The first kappa shape index (κ1) is 27.3. The van der Waals surface area contributed by atoms with Crippen LogP contribution in [0, 0.1) is 11.6 Å². The third-order valence-corrected chi connectivity index (χ3v) is 10.1. The summed E-state index contributed by atoms with van der Waals surface area (Å²) in [6.07, 6.45) is 10.6. The van der Waals surface area contributed by atoms with Crippen molar-refractivity contribution in [3.05, 3.63) is 42.5 Å². The van der Waals surface area contributed by atoms with Gasteiger partial charge in [0.05, 0.1) is 30.4 Å². The van der Waals surface area contributed by atoms with Crippen LogP contribution in [0.3, 0.4) is 0 Å². The third kappa shape index (κ3) is 6.06. The average molecular weight is 663 g/mol. The summed E-state index contributed by atoms with van der Waals surface area (Å²) in [5.41, 5.74) is 3.47. The van der Waals surface area contributed by atoms with Crippen molar-refractivity contribution in [2.24, 2.45) is 0 Å². The maximum Gasteiger partial charge on any atom is 0.170 e. The lowest BCUT2D eigenvalue weighted by Gasteiger charge is -2.12. The molecule has 3 aromatic heterocycles. The van der Waals surface area contributed by atoms with Crippen LogP contribution in [0.4, 0.5) is 8.78 Å². The Labute approximate surface area is 234 Å². The monoisotopic (exact) mass is 660 g/mol. The summed E-state index contributed by atoms with van der Waals surface area (Å²) < 4.78 is 42.6. The van der Waals surface area contributed by atoms with Gasteiger partial charge in [0.15, 0.2) is 11.6 Å². The van der Waals surface area contributed by atoms with E-state index in [4.69, 9.17) is 0 Å². The summed E-state index contributed by atoms with van der Waals surface area (Å²) in [7, 11) is 0. The highest BCUT2D eigenvalue weighted by Gasteiger charge is 2.29. The predicted molar refractivity (Wildman–Crippen MR) is 155 cm³/mol. The van der Waals surface area contributed by atoms with Crippen LogP contribution in [0.5, 0.6) is 0 Å². The van der Waals surface area contributed by atoms with E-state index in [1.165, 1.54) is 35.5 Å². The molecule has 0 aliphatic rings. The van der Waals surface area contributed by atoms with Gasteiger partial charge in [0.1, 0.15) is 11.0 Å². The topological polar surface area (TPSA) is 25.8 Å². The number of thiophene rings is 2. The number of halogens is 4. The zero-order valence-corrected chi connectivity index (χ0v) is 25.5. The third-order valence-electron chi connectivity index (χ3n) is 6.21. The molecule has 0 spiro atoms. The van der Waals surface area contributed by atoms with Crippen molar-refractivity contribution in [1.82, 2.24) is 8.75 Å². The Morgan fingerprint density at radius 3 is 1.51 bits per heavy atom. The van der Waals surface area contributed by atoms with Crippen molar-refractivity contribution in [2.75, 3.05) is 0 Å². The van der Waals surface area contributed by atoms with Crippen LogP contribution in [-0.4, -0.2) is 8.75 Å². The first-order valence-corrected chi connectivity index (χ1v) is 16.1. The van der Waals surface area contributed by atoms with E-state index in [1.54, 1.807) is 0 Å². The summed E-state index contributed by atoms with van der Waals surface area (Å²) >= 11 is 11.0. The standard InChI is InChI=1S/C26H28Br2F2N2S3/c1-3-5-7-9-11-15-13-17(27)33-25(15)19-21(29)22(30)20(24-23(19)31-35-32-24)26-16(14-18(28)34-26)12-10-8-6-4-2/h13-14H,3-12H2,1-2H3. The minimum absolute atomic E-state index is 0.247. The van der Waals surface area contributed by atoms with Gasteiger partial charge >= 0.3 is 0 Å². The molecule has 0 aliphatic heterocycles. The van der Waals surface area contributed by atoms with E-state index in [-0.39, 0.29) is 11.1 Å². The van der Waals surface area contributed by atoms with Gasteiger partial charge in [-0.2, -0.15) is 8.75 Å². The Balaban J connectivity index is 1.79. The predicted octanol–water partition coefficient (Wildman–Crippen LogP) is 11.2. The molecule has 2 nitrogen and oxygen atoms in total. The molecule has 1 aromatic carbocycles. The van der Waals surface area contributed by atoms with E-state index >= 15 is 8.78 Å². The van der Waals surface area contributed by atoms with Crippen LogP contribution in [0.2, 0.25) is 0 Å². The van der Waals surface area contributed by atoms with E-state index in [0.29, 0.717) is 11.0 Å². The second kappa shape index (κ2) is 12.7. The number of rotatable bonds is 12. The molecular weight excluding hydrogens is 634 g/mol. The van der Waals surface area contributed by atoms with Crippen LogP contribution in [0.25, 0.3) is 31.9 Å². The van der Waals surface area contributed by atoms with Gasteiger partial charge in [-0.1, -0.05) is 52.4 Å². The van der Waals surface area contributed by atoms with Crippen molar-refractivity contribution in [2.45, 2.75) is 78.1 Å². The van der Waals surface area contributed by atoms with Crippen LogP contribution >= 0.6 is 66.3 Å². The Morgan fingerprint density at radius 2 is 1.11 bits per heavy atom. The van der Waals surface area contributed by atoms with Gasteiger partial charge in [-0.25, -0.2) is 8.78 Å². The highest BCUT2D eigenvalue weighted by atomic mass is 79.9. The Bertz CT molecular complexity index is 1200. The molecule has 0 atom stereocenters. The molecule has 3 heterocycles. The minimum Gasteiger partial charge on any atom is -0.203 e. The number of hydrogen-bond acceptors (Lipinski definition) is 5. The van der Waals surface area contributed by atoms with Crippen molar-refractivity contribution < 1.29 is 8.78 Å². The van der Waals surface area contributed by atoms with Crippen LogP contribution in [-0.2, 0) is 12.8 Å². The number of fused-ring (bicyclic) bond motifs is 1. The molecule has 9 heteroatoms. The normalized spacial score (nSPS) is 11.7. The van der Waals surface area contributed by atoms with Crippen molar-refractivity contribution >= 4 is 77.3 Å². The van der Waals surface area contributed by atoms with Gasteiger partial charge in [0.2, 0.25) is 0 Å². The molecule has 0 amide bonds. The van der Waals surface area contributed by atoms with Crippen molar-refractivity contribution in [3.8, 4) is 20.9 Å². The molecule has 0 bridgehead atoms. The Morgan fingerprint density at radius 1 is 0.686 bits per heavy atom. The Hall–Kier alpha value is -0.740. The fourth-order valence-corrected chi connectivity index (χ4v) is 8.46. The SMILES string of the molecule is CCCCCCc1cc(Br)sc1-c1c(F)c(F)c(-c2sc(Br)cc2CCCCCC)c2nsnc12. The molecule has 0 saturated carbocycles. The summed E-state index contributed by atoms with van der Waals surface area (Å²) in [5, 5.41) is 0. The van der Waals surface area contributed by atoms with Crippen molar-refractivity contribution in [1.29, 1.82) is 0 Å². The van der Waals surface area contributed by atoms with E-state index in [0.717, 1.165) is 91.5 Å². The van der Waals surface area contributed by atoms with Gasteiger partial charge < -0.3 is 0 Å². The fourth-order valence-electron chi connectivity index (χ4n) is 4.43. The zero-order valence-electron chi connectivity index (χ0n) is 19.9. The van der Waals surface area contributed by atoms with Crippen LogP contribution in [0.15, 0.2) is 19.7 Å². The smallest absolute Gasteiger partial charge is 0.170 e. The van der Waals surface area contributed by atoms with E-state index in [1.807, 2.05) is 12.1 Å². The molecule has 0 radical (unpaired) electrons. The first-order valence-electron chi connectivity index (χ1n) is 12.2. The van der Waals surface area contributed by atoms with Crippen LogP contribution < -0.4 is 0 Å². The second-order valence-corrected chi connectivity index (χ2v) is 14.2. The lowest BCUT2D eigenvalue weighted by atomic mass is 9.97. The summed E-state index contributed by atoms with van der Waals surface area (Å²) in [6, 6.07) is 4.07. The Kier molecular flexibility index (Phi) is 9.89. The molecule has 0 saturated heterocycles. The second-order valence-electron chi connectivity index (χ2n) is 8.77. The summed E-state index contributed by atoms with van der Waals surface area (Å²) in [6.45, 7) is 4.36. The molecule has 188 valence electrons. The average Bonchev–Trinajstić information content (AvgIpc) is 3.54. The molecule has 4 aromatic rings. The maximum absolute atomic E-state index is 15.9. The molecule has 0 aliphatic carbocycles. The van der Waals surface area contributed by atoms with Gasteiger partial charge in [-0.3, -0.25) is 0 Å². The number of nitrogens with zero attached hydrogens (tertiary/aromatic N) is 2. The molecule has 0 N–H and O–H groups in total. The molecule has 0 fully saturated rings. The van der Waals surface area contributed by atoms with Gasteiger partial charge in [-0.05, 0) is 80.8 Å². The maximum atomic E-state index is 15.9. The number of unbranched alkanes of at least 4 members (excludes halogenated alkanes) is 6. The van der Waals surface area contributed by atoms with E-state index < -0.39 is 11.6 Å². The molecule has 0 unspecified atom stereocenters. The summed E-state index contributed by atoms with van der Waals surface area (Å²) in [5.74, 6) is -1.66. The minimum atomic E-state index is -0.828. The van der Waals surface area contributed by atoms with Gasteiger partial charge in [-0.15, -0.1) is 22.7 Å². The lowest BCUT2D eigenvalue weighted by Crippen LogP contribution is -1.98. The highest BCUT2D eigenvalue weighted by molar-refractivity contribution is 9.11. The quantitative estimate of drug-likeness (QED) is 0.141. The van der Waals surface area contributed by atoms with Gasteiger partial charge in [0, 0.05) is 9.75 Å². The van der Waals surface area contributed by atoms with Crippen LogP contribution in [0.1, 0.15) is 76.3 Å². The molecule has 4 rings (SSSR count). The van der Waals surface area contributed by atoms with Gasteiger partial charge in [0.25, 0.3) is 0 Å². The first-order chi connectivity index (χ1) is 17.0. The summed E-state index contributed by atoms with van der Waals surface area (Å²) in [4.78, 5) is 1.50. The fraction of sp³-hybridized carbons (Fsp3) is 0.462. The van der Waals surface area contributed by atoms with E-state index in [9.17, 15) is 0 Å². The lowest BCUT2D eigenvalue weighted by molar-refractivity contribution is 0.515. The largest absolute Gasteiger partial charge is 0.203 e. The number of benzene rings is 1. The number of hydrogen-bond donors (Lipinski definition) is 0.